The first-order valence-corrected chi connectivity index (χ1v) is 13.8. The zero-order valence-corrected chi connectivity index (χ0v) is 15.8. The summed E-state index contributed by atoms with van der Waals surface area (Å²) in [4.78, 5) is 32.6. The van der Waals surface area contributed by atoms with Crippen molar-refractivity contribution in [2.24, 2.45) is 0 Å². The molecule has 0 saturated heterocycles. The third kappa shape index (κ3) is 9.19. The maximum absolute atomic E-state index is 11.8. The zero-order valence-electron chi connectivity index (χ0n) is 12.9. The van der Waals surface area contributed by atoms with Crippen molar-refractivity contribution in [1.82, 2.24) is 0 Å². The molecular weight excluding hydrogens is 351 g/mol. The minimum atomic E-state index is -3.09. The molecule has 0 bridgehead atoms. The van der Waals surface area contributed by atoms with Gasteiger partial charge in [-0.05, 0) is 0 Å². The number of carboxylic acids is 1. The molecule has 112 valence electrons. The normalized spacial score (nSPS) is 10.4. The molecule has 0 radical (unpaired) electrons. The molecule has 1 N–H and O–H groups in total. The molecule has 0 atom stereocenters. The number of hydrogen-bond donors (Lipinski definition) is 1. The van der Waals surface area contributed by atoms with E-state index in [0.717, 1.165) is 41.5 Å². The van der Waals surface area contributed by atoms with Crippen molar-refractivity contribution in [2.45, 2.75) is 69.2 Å². The average molecular weight is 379 g/mol. The van der Waals surface area contributed by atoms with Gasteiger partial charge in [-0.1, -0.05) is 0 Å². The Kier molecular flexibility index (Phi) is 12.6. The van der Waals surface area contributed by atoms with Crippen LogP contribution < -0.4 is 0 Å². The molecule has 19 heavy (non-hydrogen) atoms. The van der Waals surface area contributed by atoms with Gasteiger partial charge in [0.05, 0.1) is 0 Å². The third-order valence-electron chi connectivity index (χ3n) is 3.26. The Hall–Kier alpha value is -0.391. The Morgan fingerprint density at radius 2 is 1.11 bits per heavy atom. The van der Waals surface area contributed by atoms with Crippen LogP contribution in [0.4, 0.5) is 0 Å². The van der Waals surface area contributed by atoms with Gasteiger partial charge >= 0.3 is 97.8 Å². The molecule has 0 aliphatic carbocycles. The standard InChI is InChI=1S/2C4H9.C2H4O2.2C2H3O.Sn/c2*1-3-4-2;1-2(3)4;2*1-2-3;/h2*1,3-4H2,2H3;1H3,(H,3,4);2*1H3;. The van der Waals surface area contributed by atoms with Gasteiger partial charge in [0, 0.05) is 6.92 Å². The quantitative estimate of drug-likeness (QED) is 0.657. The van der Waals surface area contributed by atoms with Crippen molar-refractivity contribution >= 4 is 31.9 Å². The third-order valence-corrected chi connectivity index (χ3v) is 17.8. The summed E-state index contributed by atoms with van der Waals surface area (Å²) >= 11 is -3.09. The van der Waals surface area contributed by atoms with Crippen LogP contribution in [0.5, 0.6) is 0 Å². The number of rotatable bonds is 8. The monoisotopic (exact) mass is 380 g/mol. The van der Waals surface area contributed by atoms with E-state index in [0.29, 0.717) is 0 Å². The molecule has 4 nitrogen and oxygen atoms in total. The van der Waals surface area contributed by atoms with E-state index >= 15 is 0 Å². The minimum absolute atomic E-state index is 0.263. The first-order valence-electron chi connectivity index (χ1n) is 6.96. The summed E-state index contributed by atoms with van der Waals surface area (Å²) in [6, 6.07) is 0. The summed E-state index contributed by atoms with van der Waals surface area (Å²) < 4.78 is 2.41. The van der Waals surface area contributed by atoms with Crippen LogP contribution in [-0.2, 0) is 14.4 Å². The number of carbonyl (C=O) groups excluding carboxylic acids is 2. The van der Waals surface area contributed by atoms with Crippen molar-refractivity contribution < 1.29 is 19.5 Å². The Balaban J connectivity index is 0. The Morgan fingerprint density at radius 3 is 1.26 bits per heavy atom. The second-order valence-electron chi connectivity index (χ2n) is 4.92. The number of carboxylic acid groups (broad SMARTS) is 1. The summed E-state index contributed by atoms with van der Waals surface area (Å²) in [6.45, 7) is 8.64. The predicted octanol–water partition coefficient (Wildman–Crippen LogP) is 3.38. The van der Waals surface area contributed by atoms with Crippen LogP contribution in [0.3, 0.4) is 0 Å². The second kappa shape index (κ2) is 11.4. The van der Waals surface area contributed by atoms with E-state index in [1.54, 1.807) is 13.8 Å². The molecule has 0 aliphatic heterocycles. The van der Waals surface area contributed by atoms with Gasteiger partial charge in [-0.3, -0.25) is 4.79 Å². The number of hydrogen-bond acceptors (Lipinski definition) is 3. The van der Waals surface area contributed by atoms with Gasteiger partial charge in [-0.15, -0.1) is 0 Å². The molecule has 0 aromatic rings. The topological polar surface area (TPSA) is 71.4 Å². The fourth-order valence-electron chi connectivity index (χ4n) is 2.03. The molecule has 0 spiro atoms. The maximum atomic E-state index is 11.8. The van der Waals surface area contributed by atoms with Crippen LogP contribution in [0, 0.1) is 0 Å². The molecule has 0 unspecified atom stereocenters. The van der Waals surface area contributed by atoms with Crippen molar-refractivity contribution in [3.63, 3.8) is 0 Å². The Bertz CT molecular complexity index is 272. The number of unbranched alkanes of at least 4 members (excludes halogenated alkanes) is 2. The van der Waals surface area contributed by atoms with Crippen molar-refractivity contribution in [3.05, 3.63) is 0 Å². The van der Waals surface area contributed by atoms with Crippen molar-refractivity contribution in [1.29, 1.82) is 0 Å². The Morgan fingerprint density at radius 1 is 0.842 bits per heavy atom. The molecule has 0 amide bonds. The zero-order chi connectivity index (χ0) is 15.5. The van der Waals surface area contributed by atoms with Crippen LogP contribution in [0.25, 0.3) is 0 Å². The summed E-state index contributed by atoms with van der Waals surface area (Å²) in [5, 5.41) is 7.42. The fraction of sp³-hybridized carbons (Fsp3) is 0.786. The average Bonchev–Trinajstić information content (AvgIpc) is 2.28. The van der Waals surface area contributed by atoms with E-state index in [2.05, 4.69) is 13.8 Å². The van der Waals surface area contributed by atoms with E-state index in [4.69, 9.17) is 9.90 Å². The van der Waals surface area contributed by atoms with Crippen LogP contribution in [-0.4, -0.2) is 37.1 Å². The predicted molar refractivity (Wildman–Crippen MR) is 79.9 cm³/mol. The Labute approximate surface area is 120 Å². The molecule has 0 aliphatic rings. The van der Waals surface area contributed by atoms with E-state index < -0.39 is 24.3 Å². The number of carbonyl (C=O) groups is 3. The van der Waals surface area contributed by atoms with Crippen LogP contribution >= 0.6 is 0 Å². The first-order chi connectivity index (χ1) is 8.74. The fourth-order valence-corrected chi connectivity index (χ4v) is 13.6. The van der Waals surface area contributed by atoms with Crippen molar-refractivity contribution in [2.75, 3.05) is 0 Å². The van der Waals surface area contributed by atoms with Crippen molar-refractivity contribution in [3.8, 4) is 0 Å². The van der Waals surface area contributed by atoms with Gasteiger partial charge in [0.1, 0.15) is 0 Å². The van der Waals surface area contributed by atoms with Gasteiger partial charge < -0.3 is 5.11 Å². The van der Waals surface area contributed by atoms with Gasteiger partial charge in [0.2, 0.25) is 0 Å². The van der Waals surface area contributed by atoms with Crippen LogP contribution in [0.1, 0.15) is 60.3 Å². The molecule has 0 saturated carbocycles. The second-order valence-corrected chi connectivity index (χ2v) is 18.0. The van der Waals surface area contributed by atoms with Crippen LogP contribution in [0.2, 0.25) is 8.87 Å². The van der Waals surface area contributed by atoms with Gasteiger partial charge in [0.15, 0.2) is 0 Å². The van der Waals surface area contributed by atoms with E-state index in [1.165, 1.54) is 0 Å². The summed E-state index contributed by atoms with van der Waals surface area (Å²) in [6.07, 6.45) is 4.29. The molecule has 0 fully saturated rings. The molecule has 0 heterocycles. The van der Waals surface area contributed by atoms with Gasteiger partial charge in [-0.2, -0.15) is 0 Å². The van der Waals surface area contributed by atoms with E-state index in [9.17, 15) is 9.59 Å². The summed E-state index contributed by atoms with van der Waals surface area (Å²) in [7, 11) is 0. The molecule has 0 aromatic carbocycles. The number of aliphatic carboxylic acids is 1. The summed E-state index contributed by atoms with van der Waals surface area (Å²) in [5.74, 6) is -0.833. The van der Waals surface area contributed by atoms with Crippen LogP contribution in [0.15, 0.2) is 0 Å². The van der Waals surface area contributed by atoms with Gasteiger partial charge in [-0.25, -0.2) is 0 Å². The van der Waals surface area contributed by atoms with Gasteiger partial charge in [0.25, 0.3) is 5.97 Å². The molecular formula is C14H28O4Sn. The SMILES string of the molecule is CC(=O)O.CCC[CH2][Sn]([CH2]CCC)([C](C)=O)[C](C)=O. The molecule has 0 aromatic heterocycles. The molecule has 5 heteroatoms. The molecule has 0 rings (SSSR count). The summed E-state index contributed by atoms with van der Waals surface area (Å²) in [5.41, 5.74) is 0. The van der Waals surface area contributed by atoms with E-state index in [1.807, 2.05) is 0 Å². The van der Waals surface area contributed by atoms with E-state index in [-0.39, 0.29) is 7.60 Å². The first kappa shape index (κ1) is 20.9.